The first-order valence-corrected chi connectivity index (χ1v) is 9.88. The van der Waals surface area contributed by atoms with Gasteiger partial charge in [0.25, 0.3) is 5.91 Å². The second-order valence-corrected chi connectivity index (χ2v) is 7.03. The molecule has 1 aliphatic heterocycles. The number of nitrogens with zero attached hydrogens (tertiary/aromatic N) is 2. The van der Waals surface area contributed by atoms with Gasteiger partial charge in [0.05, 0.1) is 19.8 Å². The van der Waals surface area contributed by atoms with Crippen molar-refractivity contribution < 1.29 is 14.3 Å². The minimum absolute atomic E-state index is 0.0884. The SMILES string of the molecule is CCC1CCCCN1C(=O)c1ccc(NCc2ccc(OC)c(OC)c2)nc1. The number of pyridine rings is 1. The number of rotatable bonds is 7. The van der Waals surface area contributed by atoms with Crippen molar-refractivity contribution in [2.45, 2.75) is 45.2 Å². The average Bonchev–Trinajstić information content (AvgIpc) is 2.77. The largest absolute Gasteiger partial charge is 0.493 e. The number of carbonyl (C=O) groups excluding carboxylic acids is 1. The van der Waals surface area contributed by atoms with E-state index in [4.69, 9.17) is 9.47 Å². The molecule has 1 amide bonds. The summed E-state index contributed by atoms with van der Waals surface area (Å²) in [6.45, 7) is 3.59. The molecule has 0 radical (unpaired) electrons. The highest BCUT2D eigenvalue weighted by molar-refractivity contribution is 5.94. The Bertz CT molecular complexity index is 792. The molecule has 1 fully saturated rings. The van der Waals surface area contributed by atoms with Gasteiger partial charge in [-0.25, -0.2) is 4.98 Å². The zero-order valence-corrected chi connectivity index (χ0v) is 16.9. The second kappa shape index (κ2) is 9.44. The quantitative estimate of drug-likeness (QED) is 0.779. The first-order valence-electron chi connectivity index (χ1n) is 9.88. The lowest BCUT2D eigenvalue weighted by Crippen LogP contribution is -2.43. The number of aromatic nitrogens is 1. The van der Waals surface area contributed by atoms with Crippen LogP contribution in [0.1, 0.15) is 48.5 Å². The number of anilines is 1. The molecule has 150 valence electrons. The fourth-order valence-corrected chi connectivity index (χ4v) is 3.67. The van der Waals surface area contributed by atoms with Gasteiger partial charge in [-0.3, -0.25) is 4.79 Å². The Morgan fingerprint density at radius 3 is 2.68 bits per heavy atom. The first kappa shape index (κ1) is 20.0. The van der Waals surface area contributed by atoms with Crippen LogP contribution >= 0.6 is 0 Å². The van der Waals surface area contributed by atoms with E-state index in [1.807, 2.05) is 35.2 Å². The zero-order valence-electron chi connectivity index (χ0n) is 16.9. The van der Waals surface area contributed by atoms with E-state index in [9.17, 15) is 4.79 Å². The molecular formula is C22H29N3O3. The maximum absolute atomic E-state index is 12.8. The summed E-state index contributed by atoms with van der Waals surface area (Å²) in [6, 6.07) is 9.86. The van der Waals surface area contributed by atoms with Crippen LogP contribution in [0.3, 0.4) is 0 Å². The summed E-state index contributed by atoms with van der Waals surface area (Å²) >= 11 is 0. The van der Waals surface area contributed by atoms with Crippen LogP contribution in [-0.2, 0) is 6.54 Å². The molecule has 1 atom stereocenters. The number of piperidine rings is 1. The Kier molecular flexibility index (Phi) is 6.74. The van der Waals surface area contributed by atoms with E-state index in [0.29, 0.717) is 29.6 Å². The maximum Gasteiger partial charge on any atom is 0.255 e. The average molecular weight is 383 g/mol. The summed E-state index contributed by atoms with van der Waals surface area (Å²) in [7, 11) is 3.24. The second-order valence-electron chi connectivity index (χ2n) is 7.03. The monoisotopic (exact) mass is 383 g/mol. The van der Waals surface area contributed by atoms with Crippen LogP contribution in [-0.4, -0.2) is 42.6 Å². The van der Waals surface area contributed by atoms with Crippen LogP contribution in [0.4, 0.5) is 5.82 Å². The highest BCUT2D eigenvalue weighted by Crippen LogP contribution is 2.28. The number of amides is 1. The number of nitrogens with one attached hydrogen (secondary N) is 1. The van der Waals surface area contributed by atoms with Gasteiger partial charge in [0.2, 0.25) is 0 Å². The predicted molar refractivity (Wildman–Crippen MR) is 110 cm³/mol. The normalized spacial score (nSPS) is 16.5. The number of carbonyl (C=O) groups is 1. The highest BCUT2D eigenvalue weighted by Gasteiger charge is 2.26. The molecule has 6 nitrogen and oxygen atoms in total. The van der Waals surface area contributed by atoms with Crippen molar-refractivity contribution in [2.75, 3.05) is 26.1 Å². The molecule has 28 heavy (non-hydrogen) atoms. The van der Waals surface area contributed by atoms with E-state index in [1.54, 1.807) is 20.4 Å². The molecule has 2 aromatic rings. The van der Waals surface area contributed by atoms with Crippen molar-refractivity contribution in [3.63, 3.8) is 0 Å². The van der Waals surface area contributed by atoms with Gasteiger partial charge < -0.3 is 19.7 Å². The molecule has 3 rings (SSSR count). The molecule has 1 saturated heterocycles. The number of hydrogen-bond acceptors (Lipinski definition) is 5. The third kappa shape index (κ3) is 4.55. The third-order valence-electron chi connectivity index (χ3n) is 5.29. The fraction of sp³-hybridized carbons (Fsp3) is 0.455. The molecule has 0 bridgehead atoms. The van der Waals surface area contributed by atoms with Gasteiger partial charge in [-0.15, -0.1) is 0 Å². The van der Waals surface area contributed by atoms with Crippen LogP contribution in [0.25, 0.3) is 0 Å². The molecule has 1 aromatic carbocycles. The van der Waals surface area contributed by atoms with Crippen LogP contribution in [0.15, 0.2) is 36.5 Å². The lowest BCUT2D eigenvalue weighted by molar-refractivity contribution is 0.0607. The highest BCUT2D eigenvalue weighted by atomic mass is 16.5. The summed E-state index contributed by atoms with van der Waals surface area (Å²) in [5.41, 5.74) is 1.70. The van der Waals surface area contributed by atoms with Crippen molar-refractivity contribution in [2.24, 2.45) is 0 Å². The molecule has 2 heterocycles. The standard InChI is InChI=1S/C22H29N3O3/c1-4-18-7-5-6-12-25(18)22(26)17-9-11-21(24-15-17)23-14-16-8-10-19(27-2)20(13-16)28-3/h8-11,13,15,18H,4-7,12,14H2,1-3H3,(H,23,24). The van der Waals surface area contributed by atoms with Gasteiger partial charge >= 0.3 is 0 Å². The smallest absolute Gasteiger partial charge is 0.255 e. The summed E-state index contributed by atoms with van der Waals surface area (Å²) < 4.78 is 10.6. The molecule has 6 heteroatoms. The lowest BCUT2D eigenvalue weighted by atomic mass is 9.99. The van der Waals surface area contributed by atoms with Crippen molar-refractivity contribution in [1.82, 2.24) is 9.88 Å². The van der Waals surface area contributed by atoms with Crippen LogP contribution in [0.2, 0.25) is 0 Å². The van der Waals surface area contributed by atoms with Gasteiger partial charge in [-0.2, -0.15) is 0 Å². The fourth-order valence-electron chi connectivity index (χ4n) is 3.67. The van der Waals surface area contributed by atoms with Crippen LogP contribution in [0, 0.1) is 0 Å². The zero-order chi connectivity index (χ0) is 19.9. The minimum Gasteiger partial charge on any atom is -0.493 e. The van der Waals surface area contributed by atoms with Crippen LogP contribution in [0.5, 0.6) is 11.5 Å². The Balaban J connectivity index is 1.62. The topological polar surface area (TPSA) is 63.7 Å². The van der Waals surface area contributed by atoms with Gasteiger partial charge in [0.1, 0.15) is 5.82 Å². The molecule has 0 aliphatic carbocycles. The summed E-state index contributed by atoms with van der Waals surface area (Å²) in [5, 5.41) is 3.28. The van der Waals surface area contributed by atoms with Crippen molar-refractivity contribution >= 4 is 11.7 Å². The number of hydrogen-bond donors (Lipinski definition) is 1. The van der Waals surface area contributed by atoms with E-state index < -0.39 is 0 Å². The molecular weight excluding hydrogens is 354 g/mol. The molecule has 1 N–H and O–H groups in total. The summed E-state index contributed by atoms with van der Waals surface area (Å²) in [6.07, 6.45) is 6.06. The summed E-state index contributed by atoms with van der Waals surface area (Å²) in [5.74, 6) is 2.22. The van der Waals surface area contributed by atoms with Crippen molar-refractivity contribution in [1.29, 1.82) is 0 Å². The predicted octanol–water partition coefficient (Wildman–Crippen LogP) is 4.12. The minimum atomic E-state index is 0.0884. The Morgan fingerprint density at radius 2 is 2.00 bits per heavy atom. The van der Waals surface area contributed by atoms with E-state index in [-0.39, 0.29) is 5.91 Å². The van der Waals surface area contributed by atoms with E-state index in [2.05, 4.69) is 17.2 Å². The number of ether oxygens (including phenoxy) is 2. The van der Waals surface area contributed by atoms with E-state index in [1.165, 1.54) is 6.42 Å². The number of methoxy groups -OCH3 is 2. The van der Waals surface area contributed by atoms with Gasteiger partial charge in [-0.1, -0.05) is 13.0 Å². The molecule has 1 aliphatic rings. The molecule has 0 saturated carbocycles. The lowest BCUT2D eigenvalue weighted by Gasteiger charge is -2.35. The van der Waals surface area contributed by atoms with E-state index in [0.717, 1.165) is 37.2 Å². The van der Waals surface area contributed by atoms with Crippen molar-refractivity contribution in [3.05, 3.63) is 47.7 Å². The van der Waals surface area contributed by atoms with Gasteiger partial charge in [0, 0.05) is 25.3 Å². The Labute approximate surface area is 166 Å². The molecule has 1 unspecified atom stereocenters. The summed E-state index contributed by atoms with van der Waals surface area (Å²) in [4.78, 5) is 19.3. The van der Waals surface area contributed by atoms with E-state index >= 15 is 0 Å². The van der Waals surface area contributed by atoms with Gasteiger partial charge in [0.15, 0.2) is 11.5 Å². The van der Waals surface area contributed by atoms with Gasteiger partial charge in [-0.05, 0) is 55.5 Å². The maximum atomic E-state index is 12.8. The van der Waals surface area contributed by atoms with Crippen LogP contribution < -0.4 is 14.8 Å². The number of benzene rings is 1. The Morgan fingerprint density at radius 1 is 1.18 bits per heavy atom. The first-order chi connectivity index (χ1) is 13.7. The molecule has 0 spiro atoms. The molecule has 1 aromatic heterocycles. The van der Waals surface area contributed by atoms with Crippen molar-refractivity contribution in [3.8, 4) is 11.5 Å². The Hall–Kier alpha value is -2.76. The third-order valence-corrected chi connectivity index (χ3v) is 5.29. The number of likely N-dealkylation sites (tertiary alicyclic amines) is 1.